The van der Waals surface area contributed by atoms with Crippen LogP contribution in [0.3, 0.4) is 0 Å². The first-order chi connectivity index (χ1) is 11.9. The minimum absolute atomic E-state index is 0. The molecule has 1 aromatic carbocycles. The van der Waals surface area contributed by atoms with Crippen molar-refractivity contribution in [3.8, 4) is 0 Å². The van der Waals surface area contributed by atoms with Crippen LogP contribution in [-0.4, -0.2) is 47.4 Å². The van der Waals surface area contributed by atoms with E-state index in [1.165, 1.54) is 11.8 Å². The van der Waals surface area contributed by atoms with E-state index in [1.54, 1.807) is 0 Å². The van der Waals surface area contributed by atoms with Gasteiger partial charge in [0.05, 0.1) is 24.0 Å². The number of hydrogen-bond acceptors (Lipinski definition) is 6. The molecule has 1 N–H and O–H groups in total. The van der Waals surface area contributed by atoms with Gasteiger partial charge in [0.25, 0.3) is 0 Å². The van der Waals surface area contributed by atoms with Crippen LogP contribution in [0.2, 0.25) is 0 Å². The van der Waals surface area contributed by atoms with Crippen molar-refractivity contribution >= 4 is 17.8 Å². The Morgan fingerprint density at radius 2 is 1.81 bits per heavy atom. The number of hydrogen-bond donors (Lipinski definition) is 1. The van der Waals surface area contributed by atoms with E-state index in [0.717, 1.165) is 5.56 Å². The van der Waals surface area contributed by atoms with Gasteiger partial charge in [-0.1, -0.05) is 30.3 Å². The molecule has 3 atom stereocenters. The van der Waals surface area contributed by atoms with E-state index in [9.17, 15) is 24.6 Å². The summed E-state index contributed by atoms with van der Waals surface area (Å²) in [5.74, 6) is -3.00. The molecule has 0 spiro atoms. The first-order valence-electron chi connectivity index (χ1n) is 8.42. The smallest absolute Gasteiger partial charge is 0.548 e. The Kier molecular flexibility index (Phi) is 12.7. The number of carboxylic acids is 2. The number of aliphatic carboxylic acids is 2. The number of carbonyl (C=O) groups is 3. The monoisotopic (exact) mass is 392 g/mol. The molecule has 0 aliphatic carbocycles. The van der Waals surface area contributed by atoms with E-state index in [0.29, 0.717) is 25.8 Å². The van der Waals surface area contributed by atoms with Crippen molar-refractivity contribution in [2.45, 2.75) is 50.7 Å². The largest absolute Gasteiger partial charge is 1.00 e. The number of nitrogens with zero attached hydrogens (tertiary/aromatic N) is 1. The number of nitrogens with one attached hydrogen (secondary N) is 1. The van der Waals surface area contributed by atoms with Crippen LogP contribution in [0.25, 0.3) is 0 Å². The van der Waals surface area contributed by atoms with Crippen LogP contribution < -0.4 is 74.6 Å². The molecular formula is C18H22N2Na2O5. The molecule has 0 radical (unpaired) electrons. The van der Waals surface area contributed by atoms with E-state index in [1.807, 2.05) is 30.3 Å². The molecule has 2 rings (SSSR count). The van der Waals surface area contributed by atoms with Gasteiger partial charge in [-0.3, -0.25) is 10.1 Å². The normalized spacial score (nSPS) is 18.0. The van der Waals surface area contributed by atoms with Gasteiger partial charge in [-0.2, -0.15) is 0 Å². The number of amides is 1. The molecule has 1 heterocycles. The Hall–Kier alpha value is -0.410. The minimum atomic E-state index is -1.28. The van der Waals surface area contributed by atoms with Crippen molar-refractivity contribution in [2.75, 3.05) is 6.54 Å². The van der Waals surface area contributed by atoms with Crippen molar-refractivity contribution in [3.63, 3.8) is 0 Å². The zero-order valence-corrected chi connectivity index (χ0v) is 20.1. The molecule has 0 bridgehead atoms. The molecule has 0 unspecified atom stereocenters. The maximum atomic E-state index is 12.5. The van der Waals surface area contributed by atoms with Crippen molar-refractivity contribution in [1.82, 2.24) is 10.2 Å². The number of aryl methyl sites for hydroxylation is 1. The molecule has 7 nitrogen and oxygen atoms in total. The molecule has 1 saturated heterocycles. The van der Waals surface area contributed by atoms with E-state index in [-0.39, 0.29) is 65.5 Å². The number of likely N-dealkylation sites (tertiary alicyclic amines) is 1. The first kappa shape index (κ1) is 26.6. The standard InChI is InChI=1S/C18H24N2O5.2Na/c1-12(16(21)20-11-5-8-15(20)18(24)25)19-14(17(22)23)10-9-13-6-3-2-4-7-13;;/h2-4,6-7,12,14-15,19H,5,8-11H2,1H3,(H,22,23)(H,24,25);;/q;2*+1/p-2/t12-,14-,15-;;/m0../s1. The first-order valence-corrected chi connectivity index (χ1v) is 8.42. The van der Waals surface area contributed by atoms with Gasteiger partial charge in [-0.05, 0) is 38.2 Å². The van der Waals surface area contributed by atoms with Crippen molar-refractivity contribution in [3.05, 3.63) is 35.9 Å². The van der Waals surface area contributed by atoms with Crippen LogP contribution in [0.15, 0.2) is 30.3 Å². The third kappa shape index (κ3) is 7.85. The van der Waals surface area contributed by atoms with Gasteiger partial charge in [0, 0.05) is 12.6 Å². The van der Waals surface area contributed by atoms with Crippen LogP contribution in [0.1, 0.15) is 31.7 Å². The van der Waals surface area contributed by atoms with Gasteiger partial charge in [0.2, 0.25) is 5.91 Å². The maximum Gasteiger partial charge on any atom is 1.00 e. The fraction of sp³-hybridized carbons (Fsp3) is 0.500. The van der Waals surface area contributed by atoms with Gasteiger partial charge in [-0.15, -0.1) is 0 Å². The predicted octanol–water partition coefficient (Wildman–Crippen LogP) is -7.54. The van der Waals surface area contributed by atoms with E-state index < -0.39 is 36.0 Å². The van der Waals surface area contributed by atoms with Gasteiger partial charge >= 0.3 is 59.1 Å². The maximum absolute atomic E-state index is 12.5. The molecule has 27 heavy (non-hydrogen) atoms. The van der Waals surface area contributed by atoms with E-state index in [2.05, 4.69) is 5.32 Å². The Labute approximate surface area is 203 Å². The number of carboxylic acid groups (broad SMARTS) is 2. The predicted molar refractivity (Wildman–Crippen MR) is 85.9 cm³/mol. The summed E-state index contributed by atoms with van der Waals surface area (Å²) in [7, 11) is 0. The van der Waals surface area contributed by atoms with E-state index in [4.69, 9.17) is 0 Å². The van der Waals surface area contributed by atoms with Crippen LogP contribution in [-0.2, 0) is 20.8 Å². The van der Waals surface area contributed by atoms with Gasteiger partial charge in [0.15, 0.2) is 0 Å². The van der Waals surface area contributed by atoms with Gasteiger partial charge in [0.1, 0.15) is 0 Å². The van der Waals surface area contributed by atoms with Gasteiger partial charge < -0.3 is 24.7 Å². The van der Waals surface area contributed by atoms with Crippen LogP contribution in [0.4, 0.5) is 0 Å². The fourth-order valence-electron chi connectivity index (χ4n) is 3.12. The number of carbonyl (C=O) groups excluding carboxylic acids is 3. The average Bonchev–Trinajstić information content (AvgIpc) is 3.08. The Morgan fingerprint density at radius 3 is 2.37 bits per heavy atom. The van der Waals surface area contributed by atoms with E-state index >= 15 is 0 Å². The SMILES string of the molecule is C[C@H](N[C@@H](CCc1ccccc1)C(=O)[O-])C(=O)N1CCC[C@H]1C(=O)[O-].[Na+].[Na+]. The number of rotatable bonds is 8. The third-order valence-electron chi connectivity index (χ3n) is 4.48. The minimum Gasteiger partial charge on any atom is -0.548 e. The zero-order valence-electron chi connectivity index (χ0n) is 16.1. The molecule has 1 amide bonds. The summed E-state index contributed by atoms with van der Waals surface area (Å²) in [5, 5.41) is 25.2. The Morgan fingerprint density at radius 1 is 1.19 bits per heavy atom. The Bertz CT molecular complexity index is 629. The van der Waals surface area contributed by atoms with Crippen LogP contribution in [0.5, 0.6) is 0 Å². The summed E-state index contributed by atoms with van der Waals surface area (Å²) >= 11 is 0. The summed E-state index contributed by atoms with van der Waals surface area (Å²) < 4.78 is 0. The average molecular weight is 392 g/mol. The molecule has 1 aromatic rings. The zero-order chi connectivity index (χ0) is 18.4. The molecule has 0 aromatic heterocycles. The van der Waals surface area contributed by atoms with Crippen LogP contribution >= 0.6 is 0 Å². The van der Waals surface area contributed by atoms with Crippen LogP contribution in [0, 0.1) is 0 Å². The summed E-state index contributed by atoms with van der Waals surface area (Å²) in [6.45, 7) is 1.87. The molecule has 1 fully saturated rings. The summed E-state index contributed by atoms with van der Waals surface area (Å²) in [6, 6.07) is 6.66. The summed E-state index contributed by atoms with van der Waals surface area (Å²) in [5.41, 5.74) is 0.992. The van der Waals surface area contributed by atoms with Crippen molar-refractivity contribution in [1.29, 1.82) is 0 Å². The molecule has 136 valence electrons. The number of benzene rings is 1. The van der Waals surface area contributed by atoms with Gasteiger partial charge in [-0.25, -0.2) is 0 Å². The fourth-order valence-corrected chi connectivity index (χ4v) is 3.12. The second-order valence-electron chi connectivity index (χ2n) is 6.29. The Balaban J connectivity index is 0.00000338. The molecule has 1 aliphatic rings. The summed E-state index contributed by atoms with van der Waals surface area (Å²) in [4.78, 5) is 36.2. The second kappa shape index (κ2) is 12.9. The summed E-state index contributed by atoms with van der Waals surface area (Å²) in [6.07, 6.45) is 1.75. The molecular weight excluding hydrogens is 370 g/mol. The topological polar surface area (TPSA) is 113 Å². The molecule has 1 aliphatic heterocycles. The second-order valence-corrected chi connectivity index (χ2v) is 6.29. The quantitative estimate of drug-likeness (QED) is 0.440. The molecule has 0 saturated carbocycles. The van der Waals surface area contributed by atoms with Crippen molar-refractivity contribution < 1.29 is 83.7 Å². The molecule has 9 heteroatoms. The van der Waals surface area contributed by atoms with Crippen molar-refractivity contribution in [2.24, 2.45) is 0 Å². The third-order valence-corrected chi connectivity index (χ3v) is 4.48.